The van der Waals surface area contributed by atoms with Crippen LogP contribution < -0.4 is 0 Å². The van der Waals surface area contributed by atoms with Gasteiger partial charge >= 0.3 is 12.1 Å². The molecule has 2 aromatic rings. The normalized spacial score (nSPS) is 28.0. The highest BCUT2D eigenvalue weighted by molar-refractivity contribution is 5.79. The number of carbonyl (C=O) groups excluding carboxylic acids is 3. The monoisotopic (exact) mass is 668 g/mol. The summed E-state index contributed by atoms with van der Waals surface area (Å²) in [6.45, 7) is 11.2. The Morgan fingerprint density at radius 3 is 2.40 bits per heavy atom. The van der Waals surface area contributed by atoms with Crippen LogP contribution in [0.1, 0.15) is 71.4 Å². The number of aromatic nitrogens is 3. The maximum Gasteiger partial charge on any atom is 0.410 e. The van der Waals surface area contributed by atoms with Gasteiger partial charge in [0.15, 0.2) is 5.82 Å². The minimum atomic E-state index is -0.899. The lowest BCUT2D eigenvalue weighted by molar-refractivity contribution is -0.151. The van der Waals surface area contributed by atoms with Crippen LogP contribution in [0.15, 0.2) is 29.9 Å². The van der Waals surface area contributed by atoms with E-state index in [1.54, 1.807) is 27.5 Å². The largest absolute Gasteiger partial charge is 0.457 e. The number of hydrogen-bond acceptors (Lipinski definition) is 9. The van der Waals surface area contributed by atoms with E-state index in [9.17, 15) is 19.5 Å². The molecule has 0 saturated carbocycles. The van der Waals surface area contributed by atoms with Crippen molar-refractivity contribution in [1.29, 1.82) is 0 Å². The van der Waals surface area contributed by atoms with Crippen LogP contribution in [0.3, 0.4) is 0 Å². The van der Waals surface area contributed by atoms with Crippen LogP contribution in [0.4, 0.5) is 9.18 Å². The van der Waals surface area contributed by atoms with Gasteiger partial charge in [0, 0.05) is 52.1 Å². The predicted molar refractivity (Wildman–Crippen MR) is 178 cm³/mol. The lowest BCUT2D eigenvalue weighted by Gasteiger charge is -2.33. The molecule has 0 aliphatic carbocycles. The molecule has 0 unspecified atom stereocenters. The summed E-state index contributed by atoms with van der Waals surface area (Å²) in [5, 5.41) is 19.0. The molecule has 0 spiro atoms. The number of ether oxygens (including phenoxy) is 2. The van der Waals surface area contributed by atoms with E-state index < -0.39 is 30.1 Å². The minimum Gasteiger partial charge on any atom is -0.457 e. The molecule has 2 amide bonds. The molecule has 13 heteroatoms. The molecule has 0 bridgehead atoms. The molecule has 2 fully saturated rings. The molecule has 5 rings (SSSR count). The number of likely N-dealkylation sites (tertiary alicyclic amines) is 1. The van der Waals surface area contributed by atoms with Crippen molar-refractivity contribution in [2.75, 3.05) is 46.3 Å². The molecule has 2 saturated heterocycles. The third-order valence-electron chi connectivity index (χ3n) is 9.91. The molecule has 5 atom stereocenters. The van der Waals surface area contributed by atoms with Crippen molar-refractivity contribution in [3.8, 4) is 0 Å². The lowest BCUT2D eigenvalue weighted by atomic mass is 9.91. The van der Waals surface area contributed by atoms with E-state index >= 15 is 4.39 Å². The molecule has 1 aromatic carbocycles. The van der Waals surface area contributed by atoms with Crippen molar-refractivity contribution >= 4 is 35.1 Å². The first kappa shape index (κ1) is 35.5. The van der Waals surface area contributed by atoms with Crippen molar-refractivity contribution in [3.05, 3.63) is 41.2 Å². The molecule has 1 N–H and O–H groups in total. The summed E-state index contributed by atoms with van der Waals surface area (Å²) in [5.74, 6) is -1.41. The van der Waals surface area contributed by atoms with Gasteiger partial charge in [-0.15, -0.1) is 5.10 Å². The number of piperazine rings is 1. The summed E-state index contributed by atoms with van der Waals surface area (Å²) in [6, 6.07) is 3.20. The molecule has 262 valence electrons. The van der Waals surface area contributed by atoms with Gasteiger partial charge in [-0.3, -0.25) is 9.59 Å². The van der Waals surface area contributed by atoms with Crippen LogP contribution in [0.5, 0.6) is 0 Å². The minimum absolute atomic E-state index is 0.0186. The molecule has 3 aliphatic rings. The standard InChI is InChI=1S/C35H49FN6O6/c1-22-6-8-28(44)21-32(45)48-34(23(2)7-9-31(22)47-35(46)41-16-14-39(5)15-17-41)24(3)18-26-19-29(36)33-30(20-26)42(38-37-33)27-10-12-40(13-11-27)25(4)43/h7,9,18-20,22-23,27-28,31,34,44H,6,8,10-17,21H2,1-5H3/b9-7+,24-18+/t22-,23-,28+,31-,34-/m0/s1. The molecule has 0 radical (unpaired) electrons. The van der Waals surface area contributed by atoms with Crippen LogP contribution in [0, 0.1) is 17.7 Å². The van der Waals surface area contributed by atoms with Gasteiger partial charge in [-0.2, -0.15) is 0 Å². The van der Waals surface area contributed by atoms with Gasteiger partial charge in [-0.05, 0) is 74.9 Å². The number of likely N-dealkylation sites (N-methyl/N-ethyl adjacent to an activating group) is 1. The SMILES string of the molecule is CC(=O)N1CCC(n2nnc3c(F)cc(/C=C(\C)[C@H]4OC(=O)C[C@H](O)CC[C@H](C)[C@@H](OC(=O)N5CCN(C)CC5)/C=C/[C@@H]4C)cc32)CC1. The van der Waals surface area contributed by atoms with Gasteiger partial charge in [-0.25, -0.2) is 13.9 Å². The second kappa shape index (κ2) is 15.6. The Bertz CT molecular complexity index is 1530. The Hall–Kier alpha value is -3.84. The van der Waals surface area contributed by atoms with Gasteiger partial charge in [0.05, 0.1) is 24.1 Å². The summed E-state index contributed by atoms with van der Waals surface area (Å²) < 4.78 is 29.0. The van der Waals surface area contributed by atoms with Crippen molar-refractivity contribution in [3.63, 3.8) is 0 Å². The lowest BCUT2D eigenvalue weighted by Crippen LogP contribution is -2.48. The molecule has 1 aromatic heterocycles. The van der Waals surface area contributed by atoms with Gasteiger partial charge in [0.25, 0.3) is 0 Å². The van der Waals surface area contributed by atoms with Crippen LogP contribution in [0.25, 0.3) is 17.1 Å². The number of fused-ring (bicyclic) bond motifs is 1. The first-order valence-electron chi connectivity index (χ1n) is 17.1. The molecule has 48 heavy (non-hydrogen) atoms. The average Bonchev–Trinajstić information content (AvgIpc) is 3.48. The molecular weight excluding hydrogens is 619 g/mol. The zero-order chi connectivity index (χ0) is 34.5. The fourth-order valence-corrected chi connectivity index (χ4v) is 6.77. The summed E-state index contributed by atoms with van der Waals surface area (Å²) in [6.07, 6.45) is 5.18. The second-order valence-corrected chi connectivity index (χ2v) is 13.7. The average molecular weight is 669 g/mol. The molecule has 4 heterocycles. The maximum absolute atomic E-state index is 15.3. The number of aliphatic hydroxyl groups is 1. The number of aliphatic hydroxyl groups excluding tert-OH is 1. The number of carbonyl (C=O) groups is 3. The number of piperidine rings is 1. The van der Waals surface area contributed by atoms with Gasteiger partial charge in [-0.1, -0.05) is 31.2 Å². The van der Waals surface area contributed by atoms with Gasteiger partial charge < -0.3 is 29.3 Å². The fraction of sp³-hybridized carbons (Fsp3) is 0.629. The van der Waals surface area contributed by atoms with Crippen LogP contribution in [-0.4, -0.2) is 117 Å². The number of benzene rings is 1. The maximum atomic E-state index is 15.3. The third-order valence-corrected chi connectivity index (χ3v) is 9.91. The number of hydrogen-bond donors (Lipinski definition) is 1. The quantitative estimate of drug-likeness (QED) is 0.377. The zero-order valence-corrected chi connectivity index (χ0v) is 28.7. The Kier molecular flexibility index (Phi) is 11.5. The van der Waals surface area contributed by atoms with E-state index in [0.717, 1.165) is 13.1 Å². The number of amides is 2. The Balaban J connectivity index is 1.39. The highest BCUT2D eigenvalue weighted by Crippen LogP contribution is 2.30. The number of halogens is 1. The third kappa shape index (κ3) is 8.59. The van der Waals surface area contributed by atoms with E-state index in [1.807, 2.05) is 46.0 Å². The zero-order valence-electron chi connectivity index (χ0n) is 28.7. The van der Waals surface area contributed by atoms with E-state index in [2.05, 4.69) is 15.2 Å². The van der Waals surface area contributed by atoms with Crippen molar-refractivity contribution in [1.82, 2.24) is 29.7 Å². The van der Waals surface area contributed by atoms with E-state index in [-0.39, 0.29) is 41.8 Å². The molecule has 12 nitrogen and oxygen atoms in total. The highest BCUT2D eigenvalue weighted by atomic mass is 19.1. The van der Waals surface area contributed by atoms with E-state index in [1.165, 1.54) is 6.07 Å². The van der Waals surface area contributed by atoms with Crippen LogP contribution in [0.2, 0.25) is 0 Å². The van der Waals surface area contributed by atoms with Crippen molar-refractivity contribution < 1.29 is 33.4 Å². The number of rotatable bonds is 4. The van der Waals surface area contributed by atoms with Crippen molar-refractivity contribution in [2.45, 2.75) is 84.2 Å². The Morgan fingerprint density at radius 2 is 1.71 bits per heavy atom. The fourth-order valence-electron chi connectivity index (χ4n) is 6.77. The van der Waals surface area contributed by atoms with Crippen LogP contribution in [-0.2, 0) is 19.1 Å². The topological polar surface area (TPSA) is 130 Å². The van der Waals surface area contributed by atoms with Crippen LogP contribution >= 0.6 is 0 Å². The molecular formula is C35H49FN6O6. The first-order chi connectivity index (χ1) is 22.9. The van der Waals surface area contributed by atoms with E-state index in [4.69, 9.17) is 9.47 Å². The molecule has 3 aliphatic heterocycles. The Labute approximate surface area is 281 Å². The van der Waals surface area contributed by atoms with Gasteiger partial charge in [0.1, 0.15) is 17.7 Å². The van der Waals surface area contributed by atoms with Crippen molar-refractivity contribution in [2.24, 2.45) is 11.8 Å². The predicted octanol–water partition coefficient (Wildman–Crippen LogP) is 4.19. The number of esters is 1. The van der Waals surface area contributed by atoms with Gasteiger partial charge in [0.2, 0.25) is 5.91 Å². The number of nitrogens with zero attached hydrogens (tertiary/aromatic N) is 6. The Morgan fingerprint density at radius 1 is 1.00 bits per heavy atom. The second-order valence-electron chi connectivity index (χ2n) is 13.7. The summed E-state index contributed by atoms with van der Waals surface area (Å²) in [5.41, 5.74) is 1.97. The summed E-state index contributed by atoms with van der Waals surface area (Å²) in [4.78, 5) is 43.6. The summed E-state index contributed by atoms with van der Waals surface area (Å²) in [7, 11) is 2.02. The smallest absolute Gasteiger partial charge is 0.410 e. The highest BCUT2D eigenvalue weighted by Gasteiger charge is 2.30. The van der Waals surface area contributed by atoms with E-state index in [0.29, 0.717) is 68.5 Å². The number of cyclic esters (lactones) is 1. The summed E-state index contributed by atoms with van der Waals surface area (Å²) >= 11 is 0. The first-order valence-corrected chi connectivity index (χ1v) is 17.1.